The van der Waals surface area contributed by atoms with Crippen molar-refractivity contribution in [2.45, 2.75) is 32.3 Å². The van der Waals surface area contributed by atoms with Gasteiger partial charge in [0.1, 0.15) is 17.9 Å². The van der Waals surface area contributed by atoms with Gasteiger partial charge in [-0.2, -0.15) is 0 Å². The van der Waals surface area contributed by atoms with E-state index in [0.717, 1.165) is 18.5 Å². The van der Waals surface area contributed by atoms with Gasteiger partial charge in [-0.05, 0) is 50.5 Å². The lowest BCUT2D eigenvalue weighted by molar-refractivity contribution is -0.117. The Hall–Kier alpha value is -2.07. The molecule has 2 aromatic rings. The van der Waals surface area contributed by atoms with E-state index in [1.54, 1.807) is 19.1 Å². The maximum Gasteiger partial charge on any atom is 0.248 e. The summed E-state index contributed by atoms with van der Waals surface area (Å²) < 4.78 is 5.29. The Morgan fingerprint density at radius 3 is 2.79 bits per heavy atom. The lowest BCUT2D eigenvalue weighted by Gasteiger charge is -2.29. The molecule has 1 unspecified atom stereocenters. The van der Waals surface area contributed by atoms with Crippen molar-refractivity contribution in [1.29, 1.82) is 0 Å². The lowest BCUT2D eigenvalue weighted by atomic mass is 10.0. The van der Waals surface area contributed by atoms with Gasteiger partial charge in [0.25, 0.3) is 0 Å². The largest absolute Gasteiger partial charge is 0.466 e. The second-order valence-corrected chi connectivity index (χ2v) is 7.08. The van der Waals surface area contributed by atoms with Crippen molar-refractivity contribution in [2.75, 3.05) is 31.1 Å². The minimum absolute atomic E-state index is 0. The molecule has 1 aliphatic rings. The average molecular weight is 512 g/mol. The molecule has 0 spiro atoms. The first-order valence-electron chi connectivity index (χ1n) is 9.68. The number of hydrogen-bond donors (Lipinski definition) is 3. The predicted molar refractivity (Wildman–Crippen MR) is 125 cm³/mol. The molecule has 1 aliphatic heterocycles. The van der Waals surface area contributed by atoms with Crippen molar-refractivity contribution in [3.05, 3.63) is 54.0 Å². The van der Waals surface area contributed by atoms with Crippen molar-refractivity contribution < 1.29 is 14.3 Å². The zero-order valence-electron chi connectivity index (χ0n) is 16.9. The molecule has 0 saturated carbocycles. The summed E-state index contributed by atoms with van der Waals surface area (Å²) in [5.41, 5.74) is 0.994. The van der Waals surface area contributed by atoms with E-state index in [1.165, 1.54) is 11.8 Å². The summed E-state index contributed by atoms with van der Waals surface area (Å²) in [4.78, 5) is 19.0. The van der Waals surface area contributed by atoms with Crippen LogP contribution < -0.4 is 15.5 Å². The fraction of sp³-hybridized carbons (Fsp3) is 0.429. The van der Waals surface area contributed by atoms with E-state index in [-0.39, 0.29) is 43.0 Å². The Morgan fingerprint density at radius 2 is 2.07 bits per heavy atom. The van der Waals surface area contributed by atoms with Gasteiger partial charge in [-0.3, -0.25) is 4.79 Å². The van der Waals surface area contributed by atoms with Gasteiger partial charge in [-0.15, -0.1) is 24.0 Å². The van der Waals surface area contributed by atoms with Crippen LogP contribution in [0.1, 0.15) is 31.6 Å². The van der Waals surface area contributed by atoms with Crippen molar-refractivity contribution in [3.8, 4) is 0 Å². The van der Waals surface area contributed by atoms with Crippen molar-refractivity contribution >= 4 is 41.5 Å². The number of anilines is 1. The number of carbonyl (C=O) groups excluding carboxylic acids is 1. The molecule has 3 N–H and O–H groups in total. The summed E-state index contributed by atoms with van der Waals surface area (Å²) in [6.45, 7) is 5.21. The van der Waals surface area contributed by atoms with Crippen LogP contribution in [0.15, 0.2) is 52.1 Å². The third-order valence-electron chi connectivity index (χ3n) is 4.78. The number of aliphatic hydroxyl groups is 1. The normalized spacial score (nSPS) is 15.7. The molecule has 1 amide bonds. The number of carbonyl (C=O) groups is 1. The smallest absolute Gasteiger partial charge is 0.248 e. The van der Waals surface area contributed by atoms with Crippen LogP contribution in [0.5, 0.6) is 0 Å². The van der Waals surface area contributed by atoms with Gasteiger partial charge in [-0.1, -0.05) is 18.2 Å². The number of amides is 1. The van der Waals surface area contributed by atoms with Crippen LogP contribution in [0.2, 0.25) is 0 Å². The summed E-state index contributed by atoms with van der Waals surface area (Å²) >= 11 is 0. The van der Waals surface area contributed by atoms with Gasteiger partial charge >= 0.3 is 0 Å². The molecule has 0 aliphatic carbocycles. The Kier molecular flexibility index (Phi) is 8.51. The van der Waals surface area contributed by atoms with Crippen molar-refractivity contribution in [1.82, 2.24) is 10.6 Å². The van der Waals surface area contributed by atoms with E-state index in [0.29, 0.717) is 24.8 Å². The van der Waals surface area contributed by atoms with E-state index >= 15 is 0 Å². The number of nitrogens with one attached hydrogen (secondary N) is 2. The van der Waals surface area contributed by atoms with Crippen LogP contribution in [0.3, 0.4) is 0 Å². The number of halogens is 1. The highest BCUT2D eigenvalue weighted by molar-refractivity contribution is 14.0. The second-order valence-electron chi connectivity index (χ2n) is 7.08. The number of guanidine groups is 1. The minimum atomic E-state index is -1.19. The molecule has 0 bridgehead atoms. The molecule has 158 valence electrons. The predicted octanol–water partition coefficient (Wildman–Crippen LogP) is 2.64. The molecule has 1 aromatic heterocycles. The highest BCUT2D eigenvalue weighted by Crippen LogP contribution is 2.26. The molecule has 29 heavy (non-hydrogen) atoms. The number of benzene rings is 1. The number of fused-ring (bicyclic) bond motifs is 1. The Bertz CT molecular complexity index is 821. The standard InChI is InChI=1S/C21H28N4O3.HI/c1-3-22-20(24-15-21(2,27)18-11-7-13-28-18)23-14-19(26)25-12-6-9-16-8-4-5-10-17(16)25;/h4-5,7-8,10-11,13,27H,3,6,9,12,14-15H2,1-2H3,(H2,22,23,24);1H. The summed E-state index contributed by atoms with van der Waals surface area (Å²) in [6.07, 6.45) is 3.48. The van der Waals surface area contributed by atoms with Crippen LogP contribution in [0.4, 0.5) is 5.69 Å². The van der Waals surface area contributed by atoms with Crippen LogP contribution in [-0.2, 0) is 16.8 Å². The van der Waals surface area contributed by atoms with Gasteiger partial charge < -0.3 is 25.1 Å². The van der Waals surface area contributed by atoms with E-state index in [9.17, 15) is 9.90 Å². The lowest BCUT2D eigenvalue weighted by Crippen LogP contribution is -2.45. The Balaban J connectivity index is 0.00000300. The first kappa shape index (κ1) is 23.2. The number of aryl methyl sites for hydroxylation is 1. The number of rotatable bonds is 6. The summed E-state index contributed by atoms with van der Waals surface area (Å²) in [6, 6.07) is 11.5. The van der Waals surface area contributed by atoms with Gasteiger partial charge in [0.05, 0.1) is 12.8 Å². The van der Waals surface area contributed by atoms with E-state index < -0.39 is 5.60 Å². The van der Waals surface area contributed by atoms with E-state index in [1.807, 2.05) is 30.0 Å². The zero-order valence-corrected chi connectivity index (χ0v) is 19.2. The fourth-order valence-corrected chi connectivity index (χ4v) is 3.29. The summed E-state index contributed by atoms with van der Waals surface area (Å²) in [7, 11) is 0. The van der Waals surface area contributed by atoms with Gasteiger partial charge in [0.15, 0.2) is 5.96 Å². The maximum absolute atomic E-state index is 12.8. The summed E-state index contributed by atoms with van der Waals surface area (Å²) in [5.74, 6) is 0.909. The SMILES string of the molecule is CCNC(=NCC(=O)N1CCCc2ccccc21)NCC(C)(O)c1ccco1.I. The third-order valence-corrected chi connectivity index (χ3v) is 4.78. The van der Waals surface area contributed by atoms with Crippen LogP contribution in [-0.4, -0.2) is 43.2 Å². The third kappa shape index (κ3) is 5.96. The van der Waals surface area contributed by atoms with Crippen LogP contribution >= 0.6 is 24.0 Å². The van der Waals surface area contributed by atoms with Gasteiger partial charge in [0.2, 0.25) is 5.91 Å². The van der Waals surface area contributed by atoms with Crippen molar-refractivity contribution in [3.63, 3.8) is 0 Å². The quantitative estimate of drug-likeness (QED) is 0.315. The monoisotopic (exact) mass is 512 g/mol. The first-order chi connectivity index (χ1) is 13.5. The van der Waals surface area contributed by atoms with Gasteiger partial charge in [0, 0.05) is 18.8 Å². The first-order valence-corrected chi connectivity index (χ1v) is 9.68. The minimum Gasteiger partial charge on any atom is -0.466 e. The molecule has 1 aromatic carbocycles. The van der Waals surface area contributed by atoms with E-state index in [4.69, 9.17) is 4.42 Å². The molecule has 0 fully saturated rings. The van der Waals surface area contributed by atoms with Crippen molar-refractivity contribution in [2.24, 2.45) is 4.99 Å². The molecule has 1 atom stereocenters. The van der Waals surface area contributed by atoms with E-state index in [2.05, 4.69) is 21.7 Å². The topological polar surface area (TPSA) is 90.1 Å². The molecule has 0 radical (unpaired) electrons. The molecular weight excluding hydrogens is 483 g/mol. The molecule has 3 rings (SSSR count). The molecule has 0 saturated heterocycles. The average Bonchev–Trinajstić information content (AvgIpc) is 3.25. The Labute approximate surface area is 188 Å². The number of nitrogens with zero attached hydrogens (tertiary/aromatic N) is 2. The number of furan rings is 1. The molecular formula is C21H29IN4O3. The number of para-hydroxylation sites is 1. The van der Waals surface area contributed by atoms with Crippen LogP contribution in [0, 0.1) is 0 Å². The highest BCUT2D eigenvalue weighted by Gasteiger charge is 2.26. The van der Waals surface area contributed by atoms with Crippen LogP contribution in [0.25, 0.3) is 0 Å². The summed E-state index contributed by atoms with van der Waals surface area (Å²) in [5, 5.41) is 16.8. The molecule has 2 heterocycles. The second kappa shape index (κ2) is 10.6. The van der Waals surface area contributed by atoms with Gasteiger partial charge in [-0.25, -0.2) is 4.99 Å². The molecule has 8 heteroatoms. The number of aliphatic imine (C=N–C) groups is 1. The fourth-order valence-electron chi connectivity index (χ4n) is 3.29. The number of hydrogen-bond acceptors (Lipinski definition) is 4. The Morgan fingerprint density at radius 1 is 1.28 bits per heavy atom. The zero-order chi connectivity index (χ0) is 20.0. The highest BCUT2D eigenvalue weighted by atomic mass is 127. The maximum atomic E-state index is 12.8. The molecule has 7 nitrogen and oxygen atoms in total.